The Hall–Kier alpha value is -2.85. The van der Waals surface area contributed by atoms with Crippen LogP contribution in [-0.4, -0.2) is 17.0 Å². The molecule has 0 aliphatic heterocycles. The largest absolute Gasteiger partial charge is 0.493 e. The number of rotatable bonds is 4. The highest BCUT2D eigenvalue weighted by Gasteiger charge is 2.14. The van der Waals surface area contributed by atoms with Gasteiger partial charge in [0.05, 0.1) is 29.7 Å². The first-order valence-electron chi connectivity index (χ1n) is 5.61. The van der Waals surface area contributed by atoms with Crippen molar-refractivity contribution >= 4 is 17.3 Å². The van der Waals surface area contributed by atoms with Crippen molar-refractivity contribution in [2.45, 2.75) is 0 Å². The molecule has 0 atom stereocenters. The number of aromatic nitrogens is 1. The molecule has 0 N–H and O–H groups in total. The molecule has 1 heterocycles. The van der Waals surface area contributed by atoms with E-state index in [9.17, 15) is 10.1 Å². The summed E-state index contributed by atoms with van der Waals surface area (Å²) < 4.78 is 10.5. The van der Waals surface area contributed by atoms with Gasteiger partial charge in [0, 0.05) is 12.1 Å². The molecule has 106 valence electrons. The molecule has 2 rings (SSSR count). The average molecular weight is 306 g/mol. The molecule has 0 aliphatic carbocycles. The van der Waals surface area contributed by atoms with Crippen molar-refractivity contribution in [1.29, 1.82) is 5.26 Å². The molecular formula is C13H8ClN3O4. The third-order valence-electron chi connectivity index (χ3n) is 2.47. The van der Waals surface area contributed by atoms with E-state index in [-0.39, 0.29) is 28.0 Å². The van der Waals surface area contributed by atoms with Gasteiger partial charge < -0.3 is 9.47 Å². The van der Waals surface area contributed by atoms with E-state index in [1.807, 2.05) is 6.07 Å². The Morgan fingerprint density at radius 2 is 2.10 bits per heavy atom. The lowest BCUT2D eigenvalue weighted by Crippen LogP contribution is -1.95. The summed E-state index contributed by atoms with van der Waals surface area (Å²) in [7, 11) is 1.40. The maximum atomic E-state index is 10.8. The number of halogens is 1. The monoisotopic (exact) mass is 305 g/mol. The van der Waals surface area contributed by atoms with Crippen molar-refractivity contribution in [2.24, 2.45) is 0 Å². The topological polar surface area (TPSA) is 98.3 Å². The zero-order valence-corrected chi connectivity index (χ0v) is 11.5. The van der Waals surface area contributed by atoms with Gasteiger partial charge in [-0.2, -0.15) is 5.26 Å². The van der Waals surface area contributed by atoms with Crippen molar-refractivity contribution < 1.29 is 14.4 Å². The van der Waals surface area contributed by atoms with Crippen LogP contribution in [0.3, 0.4) is 0 Å². The van der Waals surface area contributed by atoms with Crippen LogP contribution in [-0.2, 0) is 0 Å². The highest BCUT2D eigenvalue weighted by atomic mass is 35.5. The van der Waals surface area contributed by atoms with Crippen LogP contribution in [0.2, 0.25) is 5.15 Å². The summed E-state index contributed by atoms with van der Waals surface area (Å²) >= 11 is 5.77. The zero-order valence-electron chi connectivity index (χ0n) is 10.7. The van der Waals surface area contributed by atoms with Crippen molar-refractivity contribution in [1.82, 2.24) is 4.98 Å². The molecule has 0 bridgehead atoms. The smallest absolute Gasteiger partial charge is 0.273 e. The average Bonchev–Trinajstić information content (AvgIpc) is 2.46. The molecular weight excluding hydrogens is 298 g/mol. The minimum atomic E-state index is -0.557. The zero-order chi connectivity index (χ0) is 15.4. The van der Waals surface area contributed by atoms with Gasteiger partial charge in [0.15, 0.2) is 11.5 Å². The fraction of sp³-hybridized carbons (Fsp3) is 0.0769. The fourth-order valence-corrected chi connectivity index (χ4v) is 1.76. The SMILES string of the molecule is COc1ccc([N+](=O)[O-])cc1Oc1cc(C#N)cc(Cl)n1. The molecule has 0 spiro atoms. The number of methoxy groups -OCH3 is 1. The second-order valence-corrected chi connectivity index (χ2v) is 4.21. The Bertz CT molecular complexity index is 743. The summed E-state index contributed by atoms with van der Waals surface area (Å²) in [6, 6.07) is 8.54. The lowest BCUT2D eigenvalue weighted by Gasteiger charge is -2.09. The summed E-state index contributed by atoms with van der Waals surface area (Å²) in [6.45, 7) is 0. The molecule has 1 aromatic carbocycles. The molecule has 0 saturated heterocycles. The van der Waals surface area contributed by atoms with E-state index in [0.29, 0.717) is 5.75 Å². The van der Waals surface area contributed by atoms with Crippen LogP contribution in [0.1, 0.15) is 5.56 Å². The Balaban J connectivity index is 2.43. The van der Waals surface area contributed by atoms with Gasteiger partial charge in [-0.1, -0.05) is 11.6 Å². The van der Waals surface area contributed by atoms with E-state index in [4.69, 9.17) is 26.3 Å². The Kier molecular flexibility index (Phi) is 4.21. The number of ether oxygens (including phenoxy) is 2. The van der Waals surface area contributed by atoms with Crippen LogP contribution < -0.4 is 9.47 Å². The van der Waals surface area contributed by atoms with Gasteiger partial charge in [-0.15, -0.1) is 0 Å². The van der Waals surface area contributed by atoms with Gasteiger partial charge in [0.2, 0.25) is 5.88 Å². The molecule has 8 heteroatoms. The van der Waals surface area contributed by atoms with Crippen molar-refractivity contribution in [3.05, 3.63) is 51.2 Å². The molecule has 0 radical (unpaired) electrons. The summed E-state index contributed by atoms with van der Waals surface area (Å²) in [5.41, 5.74) is 0.0998. The molecule has 0 saturated carbocycles. The van der Waals surface area contributed by atoms with Gasteiger partial charge in [-0.05, 0) is 12.1 Å². The standard InChI is InChI=1S/C13H8ClN3O4/c1-20-10-3-2-9(17(18)19)6-11(10)21-13-5-8(7-15)4-12(14)16-13/h2-6H,1H3. The van der Waals surface area contributed by atoms with E-state index in [2.05, 4.69) is 4.98 Å². The lowest BCUT2D eigenvalue weighted by molar-refractivity contribution is -0.384. The van der Waals surface area contributed by atoms with Crippen LogP contribution >= 0.6 is 11.6 Å². The predicted molar refractivity (Wildman–Crippen MR) is 73.7 cm³/mol. The third-order valence-corrected chi connectivity index (χ3v) is 2.67. The van der Waals surface area contributed by atoms with Crippen molar-refractivity contribution in [2.75, 3.05) is 7.11 Å². The number of nitriles is 1. The van der Waals surface area contributed by atoms with E-state index >= 15 is 0 Å². The van der Waals surface area contributed by atoms with Crippen molar-refractivity contribution in [3.63, 3.8) is 0 Å². The maximum absolute atomic E-state index is 10.8. The first-order chi connectivity index (χ1) is 10.0. The first-order valence-corrected chi connectivity index (χ1v) is 5.99. The van der Waals surface area contributed by atoms with E-state index in [1.54, 1.807) is 0 Å². The first kappa shape index (κ1) is 14.6. The van der Waals surface area contributed by atoms with E-state index in [1.165, 1.54) is 37.4 Å². The number of non-ortho nitro benzene ring substituents is 1. The molecule has 0 fully saturated rings. The highest BCUT2D eigenvalue weighted by Crippen LogP contribution is 2.34. The second kappa shape index (κ2) is 6.07. The molecule has 1 aromatic heterocycles. The normalized spacial score (nSPS) is 9.76. The second-order valence-electron chi connectivity index (χ2n) is 3.82. The summed E-state index contributed by atoms with van der Waals surface area (Å²) in [6.07, 6.45) is 0. The van der Waals surface area contributed by atoms with Gasteiger partial charge in [0.1, 0.15) is 5.15 Å². The van der Waals surface area contributed by atoms with Crippen molar-refractivity contribution in [3.8, 4) is 23.4 Å². The Morgan fingerprint density at radius 1 is 1.33 bits per heavy atom. The summed E-state index contributed by atoms with van der Waals surface area (Å²) in [5, 5.41) is 19.7. The highest BCUT2D eigenvalue weighted by molar-refractivity contribution is 6.29. The van der Waals surface area contributed by atoms with Crippen LogP contribution in [0.5, 0.6) is 17.4 Å². The molecule has 0 unspecified atom stereocenters. The third kappa shape index (κ3) is 3.38. The molecule has 0 aliphatic rings. The number of nitro benzene ring substituents is 1. The number of hydrogen-bond donors (Lipinski definition) is 0. The predicted octanol–water partition coefficient (Wildman–Crippen LogP) is 3.32. The molecule has 7 nitrogen and oxygen atoms in total. The lowest BCUT2D eigenvalue weighted by atomic mass is 10.2. The van der Waals surface area contributed by atoms with E-state index in [0.717, 1.165) is 0 Å². The number of pyridine rings is 1. The van der Waals surface area contributed by atoms with Crippen LogP contribution in [0.25, 0.3) is 0 Å². The quantitative estimate of drug-likeness (QED) is 0.488. The fourth-order valence-electron chi connectivity index (χ4n) is 1.56. The van der Waals surface area contributed by atoms with Gasteiger partial charge in [0.25, 0.3) is 5.69 Å². The van der Waals surface area contributed by atoms with Gasteiger partial charge >= 0.3 is 0 Å². The van der Waals surface area contributed by atoms with Crippen LogP contribution in [0.15, 0.2) is 30.3 Å². The van der Waals surface area contributed by atoms with Gasteiger partial charge in [-0.25, -0.2) is 4.98 Å². The minimum Gasteiger partial charge on any atom is -0.493 e. The number of hydrogen-bond acceptors (Lipinski definition) is 6. The maximum Gasteiger partial charge on any atom is 0.273 e. The van der Waals surface area contributed by atoms with Crippen LogP contribution in [0, 0.1) is 21.4 Å². The number of benzene rings is 1. The summed E-state index contributed by atoms with van der Waals surface area (Å²) in [5.74, 6) is 0.434. The Morgan fingerprint density at radius 3 is 2.71 bits per heavy atom. The Labute approximate surface area is 124 Å². The molecule has 2 aromatic rings. The molecule has 21 heavy (non-hydrogen) atoms. The number of nitro groups is 1. The molecule has 0 amide bonds. The minimum absolute atomic E-state index is 0.0397. The number of nitrogens with zero attached hydrogens (tertiary/aromatic N) is 3. The van der Waals surface area contributed by atoms with Gasteiger partial charge in [-0.3, -0.25) is 10.1 Å². The summed E-state index contributed by atoms with van der Waals surface area (Å²) in [4.78, 5) is 14.1. The van der Waals surface area contributed by atoms with E-state index < -0.39 is 4.92 Å². The van der Waals surface area contributed by atoms with Crippen LogP contribution in [0.4, 0.5) is 5.69 Å².